The van der Waals surface area contributed by atoms with Crippen LogP contribution in [0.15, 0.2) is 24.3 Å². The molecule has 0 saturated carbocycles. The molecule has 1 aromatic rings. The molecule has 1 nitrogen and oxygen atoms in total. The second-order valence-corrected chi connectivity index (χ2v) is 4.87. The van der Waals surface area contributed by atoms with Crippen molar-refractivity contribution in [1.82, 2.24) is 0 Å². The van der Waals surface area contributed by atoms with Gasteiger partial charge in [-0.05, 0) is 50.3 Å². The van der Waals surface area contributed by atoms with E-state index in [-0.39, 0.29) is 11.9 Å². The van der Waals surface area contributed by atoms with Crippen LogP contribution in [0.4, 0.5) is 4.39 Å². The lowest BCUT2D eigenvalue weighted by Gasteiger charge is -2.15. The van der Waals surface area contributed by atoms with Gasteiger partial charge < -0.3 is 4.74 Å². The Morgan fingerprint density at radius 3 is 2.71 bits per heavy atom. The van der Waals surface area contributed by atoms with E-state index < -0.39 is 0 Å². The summed E-state index contributed by atoms with van der Waals surface area (Å²) in [5.41, 5.74) is 1.00. The minimum atomic E-state index is -0.186. The predicted molar refractivity (Wildman–Crippen MR) is 70.0 cm³/mol. The first kappa shape index (κ1) is 14.5. The molecule has 1 atom stereocenters. The van der Waals surface area contributed by atoms with E-state index in [1.165, 1.54) is 6.07 Å². The highest BCUT2D eigenvalue weighted by Gasteiger charge is 2.09. The maximum absolute atomic E-state index is 13.0. The van der Waals surface area contributed by atoms with Gasteiger partial charge in [0.1, 0.15) is 5.82 Å². The number of hydrogen-bond donors (Lipinski definition) is 0. The second-order valence-electron chi connectivity index (χ2n) is 4.56. The minimum absolute atomic E-state index is 0.186. The Morgan fingerprint density at radius 2 is 2.12 bits per heavy atom. The largest absolute Gasteiger partial charge is 0.379 e. The van der Waals surface area contributed by atoms with Crippen LogP contribution in [0.3, 0.4) is 0 Å². The quantitative estimate of drug-likeness (QED) is 0.671. The van der Waals surface area contributed by atoms with Gasteiger partial charge in [-0.15, -0.1) is 11.6 Å². The number of rotatable bonds is 7. The Balaban J connectivity index is 2.41. The first-order valence-electron chi connectivity index (χ1n) is 6.03. The average Bonchev–Trinajstić information content (AvgIpc) is 2.27. The van der Waals surface area contributed by atoms with Crippen molar-refractivity contribution < 1.29 is 9.13 Å². The standard InChI is InChI=1S/C14H20ClFO/c1-11(2)17-7-6-13(10-15)8-12-4-3-5-14(16)9-12/h3-5,9,11,13H,6-8,10H2,1-2H3. The third kappa shape index (κ3) is 6.04. The molecule has 1 aromatic carbocycles. The van der Waals surface area contributed by atoms with Crippen LogP contribution in [-0.4, -0.2) is 18.6 Å². The molecule has 0 spiro atoms. The van der Waals surface area contributed by atoms with Crippen molar-refractivity contribution in [3.63, 3.8) is 0 Å². The van der Waals surface area contributed by atoms with Gasteiger partial charge in [-0.3, -0.25) is 0 Å². The van der Waals surface area contributed by atoms with E-state index in [2.05, 4.69) is 0 Å². The molecule has 0 aliphatic heterocycles. The van der Waals surface area contributed by atoms with Crippen molar-refractivity contribution in [2.75, 3.05) is 12.5 Å². The van der Waals surface area contributed by atoms with Crippen molar-refractivity contribution in [1.29, 1.82) is 0 Å². The molecule has 1 rings (SSSR count). The monoisotopic (exact) mass is 258 g/mol. The zero-order valence-corrected chi connectivity index (χ0v) is 11.2. The summed E-state index contributed by atoms with van der Waals surface area (Å²) in [6, 6.07) is 6.70. The summed E-state index contributed by atoms with van der Waals surface area (Å²) in [5.74, 6) is 0.740. The first-order valence-corrected chi connectivity index (χ1v) is 6.57. The number of halogens is 2. The van der Waals surface area contributed by atoms with Crippen LogP contribution in [0.5, 0.6) is 0 Å². The van der Waals surface area contributed by atoms with E-state index in [4.69, 9.17) is 16.3 Å². The van der Waals surface area contributed by atoms with E-state index in [0.717, 1.165) is 18.4 Å². The van der Waals surface area contributed by atoms with Gasteiger partial charge in [0.15, 0.2) is 0 Å². The highest BCUT2D eigenvalue weighted by molar-refractivity contribution is 6.18. The average molecular weight is 259 g/mol. The Labute approximate surface area is 108 Å². The third-order valence-electron chi connectivity index (χ3n) is 2.61. The topological polar surface area (TPSA) is 9.23 Å². The Kier molecular flexibility index (Phi) is 6.53. The number of benzene rings is 1. The molecular weight excluding hydrogens is 239 g/mol. The normalized spacial score (nSPS) is 13.0. The van der Waals surface area contributed by atoms with Gasteiger partial charge in [0, 0.05) is 12.5 Å². The fourth-order valence-corrected chi connectivity index (χ4v) is 1.96. The van der Waals surface area contributed by atoms with Gasteiger partial charge in [-0.2, -0.15) is 0 Å². The molecule has 0 radical (unpaired) electrons. The van der Waals surface area contributed by atoms with Crippen molar-refractivity contribution in [2.24, 2.45) is 5.92 Å². The van der Waals surface area contributed by atoms with E-state index in [9.17, 15) is 4.39 Å². The van der Waals surface area contributed by atoms with Crippen LogP contribution in [0.25, 0.3) is 0 Å². The van der Waals surface area contributed by atoms with Crippen LogP contribution in [0.2, 0.25) is 0 Å². The number of hydrogen-bond acceptors (Lipinski definition) is 1. The summed E-state index contributed by atoms with van der Waals surface area (Å²) in [6.07, 6.45) is 1.97. The van der Waals surface area contributed by atoms with Gasteiger partial charge in [0.25, 0.3) is 0 Å². The van der Waals surface area contributed by atoms with Crippen molar-refractivity contribution in [2.45, 2.75) is 32.8 Å². The molecule has 0 aliphatic rings. The van der Waals surface area contributed by atoms with Crippen molar-refractivity contribution in [3.8, 4) is 0 Å². The highest BCUT2D eigenvalue weighted by atomic mass is 35.5. The van der Waals surface area contributed by atoms with Crippen LogP contribution in [-0.2, 0) is 11.2 Å². The Hall–Kier alpha value is -0.600. The molecule has 0 bridgehead atoms. The summed E-state index contributed by atoms with van der Waals surface area (Å²) in [4.78, 5) is 0. The maximum atomic E-state index is 13.0. The van der Waals surface area contributed by atoms with E-state index in [0.29, 0.717) is 18.4 Å². The molecule has 0 aliphatic carbocycles. The van der Waals surface area contributed by atoms with Crippen LogP contribution < -0.4 is 0 Å². The SMILES string of the molecule is CC(C)OCCC(CCl)Cc1cccc(F)c1. The maximum Gasteiger partial charge on any atom is 0.123 e. The minimum Gasteiger partial charge on any atom is -0.379 e. The lowest BCUT2D eigenvalue weighted by Crippen LogP contribution is -2.12. The molecule has 0 heterocycles. The molecule has 1 unspecified atom stereocenters. The Bertz CT molecular complexity index is 328. The molecule has 0 saturated heterocycles. The molecular formula is C14H20ClFO. The highest BCUT2D eigenvalue weighted by Crippen LogP contribution is 2.15. The molecule has 0 N–H and O–H groups in total. The van der Waals surface area contributed by atoms with E-state index in [1.807, 2.05) is 19.9 Å². The zero-order valence-electron chi connectivity index (χ0n) is 10.5. The van der Waals surface area contributed by atoms with Gasteiger partial charge in [0.05, 0.1) is 6.10 Å². The van der Waals surface area contributed by atoms with Crippen molar-refractivity contribution in [3.05, 3.63) is 35.6 Å². The zero-order chi connectivity index (χ0) is 12.7. The summed E-state index contributed by atoms with van der Waals surface area (Å²) in [7, 11) is 0. The molecule has 96 valence electrons. The summed E-state index contributed by atoms with van der Waals surface area (Å²) in [5, 5.41) is 0. The summed E-state index contributed by atoms with van der Waals surface area (Å²) < 4.78 is 18.5. The van der Waals surface area contributed by atoms with Crippen LogP contribution in [0, 0.1) is 11.7 Å². The lowest BCUT2D eigenvalue weighted by molar-refractivity contribution is 0.0700. The first-order chi connectivity index (χ1) is 8.11. The molecule has 17 heavy (non-hydrogen) atoms. The van der Waals surface area contributed by atoms with Crippen molar-refractivity contribution >= 4 is 11.6 Å². The van der Waals surface area contributed by atoms with E-state index >= 15 is 0 Å². The molecule has 0 fully saturated rings. The van der Waals surface area contributed by atoms with Gasteiger partial charge >= 0.3 is 0 Å². The summed E-state index contributed by atoms with van der Waals surface area (Å²) in [6.45, 7) is 4.74. The fourth-order valence-electron chi connectivity index (χ4n) is 1.70. The second kappa shape index (κ2) is 7.67. The lowest BCUT2D eigenvalue weighted by atomic mass is 9.98. The number of ether oxygens (including phenoxy) is 1. The fraction of sp³-hybridized carbons (Fsp3) is 0.571. The van der Waals surface area contributed by atoms with Crippen LogP contribution >= 0.6 is 11.6 Å². The predicted octanol–water partition coefficient (Wildman–Crippen LogP) is 4.04. The third-order valence-corrected chi connectivity index (χ3v) is 3.05. The Morgan fingerprint density at radius 1 is 1.35 bits per heavy atom. The van der Waals surface area contributed by atoms with Gasteiger partial charge in [-0.25, -0.2) is 4.39 Å². The van der Waals surface area contributed by atoms with Gasteiger partial charge in [-0.1, -0.05) is 12.1 Å². The van der Waals surface area contributed by atoms with E-state index in [1.54, 1.807) is 12.1 Å². The number of alkyl halides is 1. The summed E-state index contributed by atoms with van der Waals surface area (Å²) >= 11 is 5.92. The van der Waals surface area contributed by atoms with Crippen LogP contribution in [0.1, 0.15) is 25.8 Å². The molecule has 3 heteroatoms. The molecule has 0 aromatic heterocycles. The smallest absolute Gasteiger partial charge is 0.123 e. The van der Waals surface area contributed by atoms with Gasteiger partial charge in [0.2, 0.25) is 0 Å². The molecule has 0 amide bonds.